The Morgan fingerprint density at radius 1 is 1.30 bits per heavy atom. The zero-order chi connectivity index (χ0) is 15.3. The van der Waals surface area contributed by atoms with Gasteiger partial charge in [0.15, 0.2) is 0 Å². The van der Waals surface area contributed by atoms with Crippen molar-refractivity contribution >= 4 is 60.8 Å². The summed E-state index contributed by atoms with van der Waals surface area (Å²) in [7, 11) is -3.74. The third-order valence-electron chi connectivity index (χ3n) is 2.89. The maximum atomic E-state index is 12.3. The van der Waals surface area contributed by atoms with E-state index >= 15 is 0 Å². The van der Waals surface area contributed by atoms with Crippen molar-refractivity contribution in [3.63, 3.8) is 0 Å². The fourth-order valence-corrected chi connectivity index (χ4v) is 5.05. The van der Waals surface area contributed by atoms with Gasteiger partial charge in [-0.2, -0.15) is 0 Å². The largest absolute Gasteiger partial charge is 0.243 e. The molecule has 0 heterocycles. The lowest BCUT2D eigenvalue weighted by Crippen LogP contribution is -2.30. The Kier molecular flexibility index (Phi) is 7.60. The van der Waals surface area contributed by atoms with Crippen molar-refractivity contribution in [3.05, 3.63) is 26.7 Å². The van der Waals surface area contributed by atoms with Gasteiger partial charge in [-0.3, -0.25) is 0 Å². The highest BCUT2D eigenvalue weighted by Crippen LogP contribution is 2.32. The van der Waals surface area contributed by atoms with E-state index in [9.17, 15) is 8.42 Å². The van der Waals surface area contributed by atoms with E-state index < -0.39 is 10.0 Å². The molecule has 114 valence electrons. The first-order valence-corrected chi connectivity index (χ1v) is 9.58. The van der Waals surface area contributed by atoms with Crippen molar-refractivity contribution in [2.45, 2.75) is 24.7 Å². The highest BCUT2D eigenvalue weighted by atomic mass is 79.9. The fraction of sp³-hybridized carbons (Fsp3) is 0.500. The van der Waals surface area contributed by atoms with Gasteiger partial charge >= 0.3 is 0 Å². The summed E-state index contributed by atoms with van der Waals surface area (Å²) in [6, 6.07) is 3.00. The molecule has 1 atom stereocenters. The van der Waals surface area contributed by atoms with E-state index in [1.165, 1.54) is 12.1 Å². The molecule has 1 N–H and O–H groups in total. The van der Waals surface area contributed by atoms with Crippen LogP contribution in [0, 0.1) is 5.92 Å². The average molecular weight is 424 g/mol. The molecule has 1 rings (SSSR count). The Bertz CT molecular complexity index is 543. The SMILES string of the molecule is CCC(CCCl)CNS(=O)(=O)c1c(Cl)cc(Br)cc1Cl. The molecule has 1 unspecified atom stereocenters. The predicted molar refractivity (Wildman–Crippen MR) is 88.5 cm³/mol. The number of hydrogen-bond acceptors (Lipinski definition) is 2. The molecule has 0 saturated carbocycles. The lowest BCUT2D eigenvalue weighted by Gasteiger charge is -2.15. The van der Waals surface area contributed by atoms with Crippen molar-refractivity contribution in [2.75, 3.05) is 12.4 Å². The van der Waals surface area contributed by atoms with Crippen LogP contribution in [0.25, 0.3) is 0 Å². The summed E-state index contributed by atoms with van der Waals surface area (Å²) in [5, 5.41) is 0.171. The lowest BCUT2D eigenvalue weighted by atomic mass is 10.0. The van der Waals surface area contributed by atoms with E-state index in [2.05, 4.69) is 20.7 Å². The molecule has 8 heteroatoms. The van der Waals surface area contributed by atoms with Gasteiger partial charge in [0.2, 0.25) is 10.0 Å². The minimum atomic E-state index is -3.74. The molecular weight excluding hydrogens is 408 g/mol. The average Bonchev–Trinajstić information content (AvgIpc) is 2.32. The number of hydrogen-bond donors (Lipinski definition) is 1. The highest BCUT2D eigenvalue weighted by Gasteiger charge is 2.23. The monoisotopic (exact) mass is 421 g/mol. The summed E-state index contributed by atoms with van der Waals surface area (Å²) in [4.78, 5) is -0.0928. The molecular formula is C12H15BrCl3NO2S. The lowest BCUT2D eigenvalue weighted by molar-refractivity contribution is 0.481. The molecule has 1 aromatic rings. The van der Waals surface area contributed by atoms with E-state index in [0.29, 0.717) is 16.9 Å². The molecule has 0 aliphatic rings. The Morgan fingerprint density at radius 2 is 1.85 bits per heavy atom. The van der Waals surface area contributed by atoms with Crippen LogP contribution >= 0.6 is 50.7 Å². The normalized spacial score (nSPS) is 13.4. The third-order valence-corrected chi connectivity index (χ3v) is 5.91. The molecule has 0 fully saturated rings. The first kappa shape index (κ1) is 18.5. The summed E-state index contributed by atoms with van der Waals surface area (Å²) >= 11 is 20.8. The van der Waals surface area contributed by atoms with Crippen LogP contribution in [-0.2, 0) is 10.0 Å². The van der Waals surface area contributed by atoms with Crippen LogP contribution in [0.3, 0.4) is 0 Å². The van der Waals surface area contributed by atoms with Gasteiger partial charge in [-0.25, -0.2) is 13.1 Å². The number of alkyl halides is 1. The van der Waals surface area contributed by atoms with Gasteiger partial charge in [0.25, 0.3) is 0 Å². The van der Waals surface area contributed by atoms with Gasteiger partial charge in [-0.15, -0.1) is 11.6 Å². The van der Waals surface area contributed by atoms with E-state index in [0.717, 1.165) is 12.8 Å². The summed E-state index contributed by atoms with van der Waals surface area (Å²) in [6.45, 7) is 2.30. The van der Waals surface area contributed by atoms with Crippen LogP contribution in [0.1, 0.15) is 19.8 Å². The Labute approximate surface area is 143 Å². The molecule has 0 saturated heterocycles. The maximum absolute atomic E-state index is 12.3. The fourth-order valence-electron chi connectivity index (χ4n) is 1.69. The minimum absolute atomic E-state index is 0.0854. The van der Waals surface area contributed by atoms with Crippen LogP contribution < -0.4 is 4.72 Å². The van der Waals surface area contributed by atoms with E-state index in [-0.39, 0.29) is 20.9 Å². The van der Waals surface area contributed by atoms with Crippen LogP contribution in [0.5, 0.6) is 0 Å². The molecule has 0 radical (unpaired) electrons. The molecule has 0 aliphatic carbocycles. The second-order valence-electron chi connectivity index (χ2n) is 4.30. The Morgan fingerprint density at radius 3 is 2.30 bits per heavy atom. The summed E-state index contributed by atoms with van der Waals surface area (Å²) in [5.41, 5.74) is 0. The van der Waals surface area contributed by atoms with Gasteiger partial charge < -0.3 is 0 Å². The first-order valence-electron chi connectivity index (χ1n) is 6.02. The van der Waals surface area contributed by atoms with E-state index in [4.69, 9.17) is 34.8 Å². The Hall–Kier alpha value is 0.480. The second-order valence-corrected chi connectivity index (χ2v) is 8.11. The summed E-state index contributed by atoms with van der Waals surface area (Å²) < 4.78 is 27.7. The first-order chi connectivity index (χ1) is 9.31. The maximum Gasteiger partial charge on any atom is 0.243 e. The molecule has 20 heavy (non-hydrogen) atoms. The zero-order valence-electron chi connectivity index (χ0n) is 10.8. The molecule has 3 nitrogen and oxygen atoms in total. The minimum Gasteiger partial charge on any atom is -0.211 e. The summed E-state index contributed by atoms with van der Waals surface area (Å²) in [5.74, 6) is 0.690. The van der Waals surface area contributed by atoms with Gasteiger partial charge in [-0.05, 0) is 24.5 Å². The van der Waals surface area contributed by atoms with Gasteiger partial charge in [0.1, 0.15) is 4.90 Å². The molecule has 0 aromatic heterocycles. The van der Waals surface area contributed by atoms with Crippen molar-refractivity contribution in [2.24, 2.45) is 5.92 Å². The molecule has 0 amide bonds. The van der Waals surface area contributed by atoms with E-state index in [1.54, 1.807) is 0 Å². The van der Waals surface area contributed by atoms with Crippen molar-refractivity contribution in [3.8, 4) is 0 Å². The molecule has 0 aliphatic heterocycles. The molecule has 0 spiro atoms. The quantitative estimate of drug-likeness (QED) is 0.647. The Balaban J connectivity index is 2.95. The van der Waals surface area contributed by atoms with Crippen molar-refractivity contribution < 1.29 is 8.42 Å². The number of benzene rings is 1. The van der Waals surface area contributed by atoms with Gasteiger partial charge in [0, 0.05) is 16.9 Å². The number of rotatable bonds is 7. The van der Waals surface area contributed by atoms with E-state index in [1.807, 2.05) is 6.92 Å². The van der Waals surface area contributed by atoms with Crippen LogP contribution in [0.15, 0.2) is 21.5 Å². The zero-order valence-corrected chi connectivity index (χ0v) is 15.5. The van der Waals surface area contributed by atoms with Crippen LogP contribution in [0.2, 0.25) is 10.0 Å². The van der Waals surface area contributed by atoms with Gasteiger partial charge in [-0.1, -0.05) is 52.5 Å². The van der Waals surface area contributed by atoms with Crippen molar-refractivity contribution in [1.29, 1.82) is 0 Å². The topological polar surface area (TPSA) is 46.2 Å². The standard InChI is InChI=1S/C12H15BrCl3NO2S/c1-2-8(3-4-14)7-17-20(18,19)12-10(15)5-9(13)6-11(12)16/h5-6,8,17H,2-4,7H2,1H3. The number of nitrogens with one attached hydrogen (secondary N) is 1. The highest BCUT2D eigenvalue weighted by molar-refractivity contribution is 9.10. The third kappa shape index (κ3) is 5.04. The number of sulfonamides is 1. The van der Waals surface area contributed by atoms with Gasteiger partial charge in [0.05, 0.1) is 10.0 Å². The summed E-state index contributed by atoms with van der Waals surface area (Å²) in [6.07, 6.45) is 1.60. The second kappa shape index (κ2) is 8.20. The van der Waals surface area contributed by atoms with Crippen LogP contribution in [0.4, 0.5) is 0 Å². The molecule has 1 aromatic carbocycles. The van der Waals surface area contributed by atoms with Crippen LogP contribution in [-0.4, -0.2) is 20.8 Å². The smallest absolute Gasteiger partial charge is 0.211 e. The predicted octanol–water partition coefficient (Wildman–Crippen LogP) is 4.69. The number of halogens is 4. The van der Waals surface area contributed by atoms with Crippen molar-refractivity contribution in [1.82, 2.24) is 4.72 Å². The molecule has 0 bridgehead atoms.